The smallest absolute Gasteiger partial charge is 0.362 e. The van der Waals surface area contributed by atoms with E-state index >= 15 is 0 Å². The number of ether oxygens (including phenoxy) is 1. The van der Waals surface area contributed by atoms with Gasteiger partial charge in [0.1, 0.15) is 5.82 Å². The Balaban J connectivity index is 2.13. The third kappa shape index (κ3) is 4.09. The van der Waals surface area contributed by atoms with Gasteiger partial charge in [0.05, 0.1) is 29.8 Å². The molecule has 0 aromatic heterocycles. The molecular formula is C20H17ClFN3O3. The molecule has 0 saturated carbocycles. The monoisotopic (exact) mass is 401 g/mol. The maximum Gasteiger partial charge on any atom is 0.362 e. The van der Waals surface area contributed by atoms with Crippen LogP contribution in [0.2, 0.25) is 5.02 Å². The molecule has 2 aromatic carbocycles. The Hall–Kier alpha value is -3.06. The van der Waals surface area contributed by atoms with Crippen molar-refractivity contribution in [1.29, 1.82) is 0 Å². The molecule has 1 aliphatic heterocycles. The molecule has 8 heteroatoms. The lowest BCUT2D eigenvalue weighted by Gasteiger charge is -2.09. The van der Waals surface area contributed by atoms with Crippen LogP contribution in [0.15, 0.2) is 57.6 Å². The summed E-state index contributed by atoms with van der Waals surface area (Å²) in [7, 11) is 0. The molecule has 0 amide bonds. The predicted octanol–water partition coefficient (Wildman–Crippen LogP) is 4.18. The maximum atomic E-state index is 14.4. The Morgan fingerprint density at radius 1 is 1.25 bits per heavy atom. The summed E-state index contributed by atoms with van der Waals surface area (Å²) in [6.07, 6.45) is -0.404. The highest BCUT2D eigenvalue weighted by Crippen LogP contribution is 2.29. The molecule has 28 heavy (non-hydrogen) atoms. The number of benzene rings is 2. The maximum absolute atomic E-state index is 14.4. The number of hydrogen-bond acceptors (Lipinski definition) is 6. The second-order valence-electron chi connectivity index (χ2n) is 6.27. The van der Waals surface area contributed by atoms with E-state index in [9.17, 15) is 14.4 Å². The number of aliphatic imine (C=N–C) groups is 2. The Morgan fingerprint density at radius 3 is 2.68 bits per heavy atom. The summed E-state index contributed by atoms with van der Waals surface area (Å²) in [6, 6.07) is 11.1. The van der Waals surface area contributed by atoms with E-state index in [2.05, 4.69) is 15.1 Å². The van der Waals surface area contributed by atoms with Crippen LogP contribution in [0.4, 0.5) is 10.1 Å². The fraction of sp³-hybridized carbons (Fsp3) is 0.200. The highest BCUT2D eigenvalue weighted by molar-refractivity contribution is 6.66. The highest BCUT2D eigenvalue weighted by Gasteiger charge is 2.26. The topological polar surface area (TPSA) is 83.6 Å². The molecule has 0 aliphatic carbocycles. The first kappa shape index (κ1) is 19.7. The summed E-state index contributed by atoms with van der Waals surface area (Å²) in [5.74, 6) is -1.28. The van der Waals surface area contributed by atoms with Gasteiger partial charge in [0.25, 0.3) is 0 Å². The van der Waals surface area contributed by atoms with Crippen LogP contribution in [0.3, 0.4) is 0 Å². The lowest BCUT2D eigenvalue weighted by atomic mass is 10.0. The zero-order valence-electron chi connectivity index (χ0n) is 15.2. The Kier molecular flexibility index (Phi) is 5.84. The quantitative estimate of drug-likeness (QED) is 0.361. The van der Waals surface area contributed by atoms with Crippen LogP contribution in [0.25, 0.3) is 0 Å². The van der Waals surface area contributed by atoms with Crippen LogP contribution >= 0.6 is 11.6 Å². The van der Waals surface area contributed by atoms with Crippen LogP contribution < -0.4 is 0 Å². The van der Waals surface area contributed by atoms with Gasteiger partial charge in [-0.15, -0.1) is 0 Å². The number of carbonyl (C=O) groups excluding carboxylic acids is 1. The number of oxime groups is 1. The third-order valence-corrected chi connectivity index (χ3v) is 4.13. The minimum Gasteiger partial charge on any atom is -0.458 e. The first-order valence-electron chi connectivity index (χ1n) is 8.51. The van der Waals surface area contributed by atoms with Gasteiger partial charge in [-0.05, 0) is 44.2 Å². The average Bonchev–Trinajstić information content (AvgIpc) is 2.82. The first-order chi connectivity index (χ1) is 13.4. The number of carbonyl (C=O) groups is 1. The van der Waals surface area contributed by atoms with Gasteiger partial charge in [-0.25, -0.2) is 14.2 Å². The zero-order chi connectivity index (χ0) is 20.3. The van der Waals surface area contributed by atoms with Gasteiger partial charge in [-0.1, -0.05) is 28.9 Å². The van der Waals surface area contributed by atoms with Gasteiger partial charge in [0.2, 0.25) is 5.71 Å². The van der Waals surface area contributed by atoms with Crippen molar-refractivity contribution in [2.45, 2.75) is 20.0 Å². The van der Waals surface area contributed by atoms with E-state index in [1.807, 2.05) is 0 Å². The molecule has 1 aliphatic rings. The molecule has 0 radical (unpaired) electrons. The van der Waals surface area contributed by atoms with Crippen LogP contribution in [0, 0.1) is 5.82 Å². The SMILES string of the molecule is CC(C)OC(=O)/C(=N/O)C1=Nc2ccc(Cl)cc2C(c2ccccc2F)=NC1. The van der Waals surface area contributed by atoms with E-state index in [1.165, 1.54) is 6.07 Å². The van der Waals surface area contributed by atoms with Crippen molar-refractivity contribution in [1.82, 2.24) is 0 Å². The van der Waals surface area contributed by atoms with Crippen molar-refractivity contribution in [3.8, 4) is 0 Å². The van der Waals surface area contributed by atoms with E-state index in [0.717, 1.165) is 0 Å². The fourth-order valence-corrected chi connectivity index (χ4v) is 2.88. The van der Waals surface area contributed by atoms with E-state index in [-0.39, 0.29) is 23.5 Å². The summed E-state index contributed by atoms with van der Waals surface area (Å²) >= 11 is 6.12. The van der Waals surface area contributed by atoms with E-state index in [4.69, 9.17) is 16.3 Å². The number of nitrogens with zero attached hydrogens (tertiary/aromatic N) is 3. The lowest BCUT2D eigenvalue weighted by Crippen LogP contribution is -2.30. The highest BCUT2D eigenvalue weighted by atomic mass is 35.5. The summed E-state index contributed by atoms with van der Waals surface area (Å²) in [5, 5.41) is 12.8. The average molecular weight is 402 g/mol. The third-order valence-electron chi connectivity index (χ3n) is 3.89. The van der Waals surface area contributed by atoms with Crippen molar-refractivity contribution >= 4 is 40.4 Å². The predicted molar refractivity (Wildman–Crippen MR) is 106 cm³/mol. The van der Waals surface area contributed by atoms with Crippen LogP contribution in [0.5, 0.6) is 0 Å². The number of fused-ring (bicyclic) bond motifs is 1. The summed E-state index contributed by atoms with van der Waals surface area (Å²) in [5.41, 5.74) is 1.27. The molecule has 2 aromatic rings. The summed E-state index contributed by atoms with van der Waals surface area (Å²) in [6.45, 7) is 3.24. The van der Waals surface area contributed by atoms with Crippen molar-refractivity contribution in [3.63, 3.8) is 0 Å². The molecule has 0 unspecified atom stereocenters. The molecule has 0 bridgehead atoms. The summed E-state index contributed by atoms with van der Waals surface area (Å²) in [4.78, 5) is 21.1. The van der Waals surface area contributed by atoms with Crippen molar-refractivity contribution in [3.05, 3.63) is 64.4 Å². The first-order valence-corrected chi connectivity index (χ1v) is 8.88. The van der Waals surface area contributed by atoms with Crippen LogP contribution in [0.1, 0.15) is 25.0 Å². The Labute approximate surface area is 166 Å². The van der Waals surface area contributed by atoms with Crippen molar-refractivity contribution in [2.24, 2.45) is 15.1 Å². The van der Waals surface area contributed by atoms with Gasteiger partial charge >= 0.3 is 5.97 Å². The van der Waals surface area contributed by atoms with Gasteiger partial charge in [0, 0.05) is 16.1 Å². The largest absolute Gasteiger partial charge is 0.458 e. The molecule has 6 nitrogen and oxygen atoms in total. The second-order valence-corrected chi connectivity index (χ2v) is 6.70. The minimum absolute atomic E-state index is 0.100. The fourth-order valence-electron chi connectivity index (χ4n) is 2.71. The van der Waals surface area contributed by atoms with Crippen LogP contribution in [-0.2, 0) is 9.53 Å². The van der Waals surface area contributed by atoms with Gasteiger partial charge < -0.3 is 9.94 Å². The molecule has 144 valence electrons. The number of rotatable bonds is 4. The number of hydrogen-bond donors (Lipinski definition) is 1. The molecular weight excluding hydrogens is 385 g/mol. The molecule has 0 fully saturated rings. The van der Waals surface area contributed by atoms with Gasteiger partial charge in [-0.3, -0.25) is 4.99 Å². The molecule has 3 rings (SSSR count). The number of halogens is 2. The molecule has 0 spiro atoms. The van der Waals surface area contributed by atoms with Gasteiger partial charge in [0.15, 0.2) is 0 Å². The van der Waals surface area contributed by atoms with Crippen molar-refractivity contribution in [2.75, 3.05) is 6.54 Å². The second kappa shape index (κ2) is 8.31. The van der Waals surface area contributed by atoms with Crippen molar-refractivity contribution < 1.29 is 19.1 Å². The van der Waals surface area contributed by atoms with Crippen LogP contribution in [-0.4, -0.2) is 41.0 Å². The Morgan fingerprint density at radius 2 is 2.00 bits per heavy atom. The number of esters is 1. The standard InChI is InChI=1S/C20H17ClFN3O3/c1-11(2)28-20(26)19(25-27)17-10-23-18(13-5-3-4-6-15(13)22)14-9-12(21)7-8-16(14)24-17/h3-9,11,27H,10H2,1-2H3/b25-19+. The van der Waals surface area contributed by atoms with E-state index < -0.39 is 17.9 Å². The molecule has 1 N–H and O–H groups in total. The molecule has 1 heterocycles. The molecule has 0 atom stereocenters. The summed E-state index contributed by atoms with van der Waals surface area (Å²) < 4.78 is 19.5. The minimum atomic E-state index is -0.823. The van der Waals surface area contributed by atoms with E-state index in [0.29, 0.717) is 22.0 Å². The van der Waals surface area contributed by atoms with Gasteiger partial charge in [-0.2, -0.15) is 0 Å². The van der Waals surface area contributed by atoms with E-state index in [1.54, 1.807) is 50.2 Å². The normalized spacial score (nSPS) is 14.1. The molecule has 0 saturated heterocycles. The Bertz CT molecular complexity index is 1020. The lowest BCUT2D eigenvalue weighted by molar-refractivity contribution is -0.138. The zero-order valence-corrected chi connectivity index (χ0v) is 15.9.